The molecule has 10 aromatic rings. The number of benzene rings is 9. The summed E-state index contributed by atoms with van der Waals surface area (Å²) >= 11 is 0. The van der Waals surface area contributed by atoms with Gasteiger partial charge in [0.1, 0.15) is 11.2 Å². The van der Waals surface area contributed by atoms with Crippen LogP contribution in [0.5, 0.6) is 0 Å². The van der Waals surface area contributed by atoms with Gasteiger partial charge in [-0.05, 0) is 102 Å². The first kappa shape index (κ1) is 12.1. The molecule has 0 spiro atoms. The second-order valence-corrected chi connectivity index (χ2v) is 11.3. The second-order valence-electron chi connectivity index (χ2n) is 11.3. The Balaban J connectivity index is 1.28. The van der Waals surface area contributed by atoms with Crippen molar-refractivity contribution in [2.75, 3.05) is 0 Å². The predicted molar refractivity (Wildman–Crippen MR) is 216 cm³/mol. The summed E-state index contributed by atoms with van der Waals surface area (Å²) in [5.41, 5.74) is -5.72. The van der Waals surface area contributed by atoms with E-state index in [0.29, 0.717) is 0 Å². The Morgan fingerprint density at radius 2 is 1.00 bits per heavy atom. The zero-order chi connectivity index (χ0) is 59.8. The van der Waals surface area contributed by atoms with Crippen molar-refractivity contribution in [3.8, 4) is 22.3 Å². The highest BCUT2D eigenvalue weighted by atomic mass is 16.3. The lowest BCUT2D eigenvalue weighted by Gasteiger charge is -2.18. The topological polar surface area (TPSA) is 13.1 Å². The van der Waals surface area contributed by atoms with Crippen LogP contribution in [0.3, 0.4) is 0 Å². The summed E-state index contributed by atoms with van der Waals surface area (Å²) in [5.74, 6) is 0. The molecule has 0 aliphatic carbocycles. The van der Waals surface area contributed by atoms with Crippen LogP contribution in [-0.2, 0) is 12.8 Å². The Morgan fingerprint density at radius 3 is 1.75 bits per heavy atom. The summed E-state index contributed by atoms with van der Waals surface area (Å²) in [6.45, 7) is 0. The zero-order valence-electron chi connectivity index (χ0n) is 55.8. The summed E-state index contributed by atoms with van der Waals surface area (Å²) in [6.07, 6.45) is -1.69. The van der Waals surface area contributed by atoms with Crippen LogP contribution in [0.25, 0.3) is 76.5 Å². The van der Waals surface area contributed by atoms with Crippen LogP contribution in [-0.4, -0.2) is 0 Å². The Kier molecular flexibility index (Phi) is 2.89. The van der Waals surface area contributed by atoms with Gasteiger partial charge in [-0.1, -0.05) is 163 Å². The molecule has 0 aliphatic heterocycles. The normalized spacial score (nSPS) is 19.9. The lowest BCUT2D eigenvalue weighted by molar-refractivity contribution is 0.672. The van der Waals surface area contributed by atoms with Gasteiger partial charge < -0.3 is 4.42 Å². The number of furan rings is 1. The van der Waals surface area contributed by atoms with Crippen LogP contribution < -0.4 is 0 Å². The number of hydrogen-bond donors (Lipinski definition) is 0. The highest BCUT2D eigenvalue weighted by Crippen LogP contribution is 2.41. The van der Waals surface area contributed by atoms with Crippen LogP contribution in [0, 0.1) is 0 Å². The third kappa shape index (κ3) is 5.09. The molecule has 1 aromatic heterocycles. The van der Waals surface area contributed by atoms with E-state index in [-0.39, 0.29) is 21.7 Å². The third-order valence-electron chi connectivity index (χ3n) is 8.37. The Hall–Kier alpha value is -6.44. The van der Waals surface area contributed by atoms with E-state index in [2.05, 4.69) is 0 Å². The van der Waals surface area contributed by atoms with E-state index in [0.717, 1.165) is 0 Å². The second kappa shape index (κ2) is 12.2. The molecule has 1 nitrogen and oxygen atoms in total. The van der Waals surface area contributed by atoms with Crippen LogP contribution in [0.2, 0.25) is 0 Å². The highest BCUT2D eigenvalue weighted by molar-refractivity contribution is 6.17. The van der Waals surface area contributed by atoms with Gasteiger partial charge in [-0.3, -0.25) is 0 Å². The van der Waals surface area contributed by atoms with Crippen LogP contribution in [0.1, 0.15) is 63.4 Å². The Morgan fingerprint density at radius 1 is 0.412 bits per heavy atom. The number of rotatable bonds is 6. The summed E-state index contributed by atoms with van der Waals surface area (Å²) < 4.78 is 273. The molecule has 1 heterocycles. The summed E-state index contributed by atoms with van der Waals surface area (Å²) in [7, 11) is 0. The van der Waals surface area contributed by atoms with Crippen molar-refractivity contribution in [3.05, 3.63) is 204 Å². The molecular weight excluding hydrogens is 617 g/mol. The van der Waals surface area contributed by atoms with Gasteiger partial charge in [-0.15, -0.1) is 0 Å². The number of fused-ring (bicyclic) bond motifs is 7. The first-order chi connectivity index (χ1) is 37.8. The highest BCUT2D eigenvalue weighted by Gasteiger charge is 2.17. The van der Waals surface area contributed by atoms with E-state index in [1.54, 1.807) is 0 Å². The maximum Gasteiger partial charge on any atom is 0.143 e. The van der Waals surface area contributed by atoms with Gasteiger partial charge >= 0.3 is 0 Å². The largest absolute Gasteiger partial charge is 0.455 e. The van der Waals surface area contributed by atoms with Gasteiger partial charge in [-0.25, -0.2) is 0 Å². The molecule has 0 radical (unpaired) electrons. The molecule has 0 N–H and O–H groups in total. The molecule has 0 amide bonds. The first-order valence-corrected chi connectivity index (χ1v) is 15.3. The van der Waals surface area contributed by atoms with Crippen molar-refractivity contribution in [3.63, 3.8) is 0 Å². The zero-order valence-corrected chi connectivity index (χ0v) is 25.8. The van der Waals surface area contributed by atoms with E-state index < -0.39 is 271 Å². The molecule has 1 heteroatoms. The minimum Gasteiger partial charge on any atom is -0.455 e. The lowest BCUT2D eigenvalue weighted by Crippen LogP contribution is -1.96. The maximum atomic E-state index is 9.59. The fraction of sp³-hybridized carbons (Fsp3) is 0.0400. The molecule has 10 rings (SSSR count). The van der Waals surface area contributed by atoms with Crippen molar-refractivity contribution >= 4 is 54.3 Å². The minimum absolute atomic E-state index is 0.270. The van der Waals surface area contributed by atoms with Gasteiger partial charge in [-0.2, -0.15) is 0 Å². The average Bonchev–Trinajstić information content (AvgIpc) is 3.92. The molecule has 0 aliphatic rings. The fourth-order valence-corrected chi connectivity index (χ4v) is 6.16. The number of hydrogen-bond acceptors (Lipinski definition) is 1. The van der Waals surface area contributed by atoms with Crippen molar-refractivity contribution in [1.82, 2.24) is 0 Å². The maximum absolute atomic E-state index is 9.59. The van der Waals surface area contributed by atoms with E-state index >= 15 is 0 Å². The van der Waals surface area contributed by atoms with Crippen molar-refractivity contribution in [2.45, 2.75) is 12.8 Å². The molecule has 0 unspecified atom stereocenters. The SMILES string of the molecule is [2H]c1c([2H])c([2H])c(-c2c([2H])c([2H])c([2H])c(-c3c4c([2H])c([2H])c([2H])c([2H])c4c(Cc4c([2H])c([2H])c(Cc5c([2H])c([2H])c([2H])c6oc7c8c([2H])c([2H])c([2H])c([2H])c8c([2H])c([2H])c7c56)c([2H])c4[2H])c4c([2H])c([2H])c([2H])c([2H])c34)c2[2H])c([2H])c1[2H]. The van der Waals surface area contributed by atoms with Gasteiger partial charge in [0.2, 0.25) is 0 Å². The molecule has 51 heavy (non-hydrogen) atoms. The average molecular weight is 681 g/mol. The van der Waals surface area contributed by atoms with Crippen molar-refractivity contribution in [1.29, 1.82) is 0 Å². The first-order valence-electron chi connectivity index (χ1n) is 30.3. The molecule has 0 saturated heterocycles. The van der Waals surface area contributed by atoms with Crippen LogP contribution in [0.15, 0.2) is 186 Å². The van der Waals surface area contributed by atoms with Gasteiger partial charge in [0.15, 0.2) is 0 Å². The molecular formula is C50H34O. The van der Waals surface area contributed by atoms with E-state index in [4.69, 9.17) is 31.8 Å². The minimum atomic E-state index is -1.03. The smallest absolute Gasteiger partial charge is 0.143 e. The molecule has 9 aromatic carbocycles. The Labute approximate surface area is 339 Å². The van der Waals surface area contributed by atoms with Crippen LogP contribution >= 0.6 is 0 Å². The third-order valence-corrected chi connectivity index (χ3v) is 8.37. The molecule has 240 valence electrons. The molecule has 0 bridgehead atoms. The van der Waals surface area contributed by atoms with E-state index in [1.807, 2.05) is 0 Å². The van der Waals surface area contributed by atoms with Gasteiger partial charge in [0, 0.05) is 16.2 Å². The van der Waals surface area contributed by atoms with Gasteiger partial charge in [0.05, 0.1) is 41.1 Å². The monoisotopic (exact) mass is 680 g/mol. The molecule has 0 saturated carbocycles. The quantitative estimate of drug-likeness (QED) is 0.159. The van der Waals surface area contributed by atoms with E-state index in [1.165, 1.54) is 0 Å². The summed E-state index contributed by atoms with van der Waals surface area (Å²) in [6, 6.07) is -25.7. The molecule has 0 fully saturated rings. The predicted octanol–water partition coefficient (Wildman–Crippen LogP) is 13.6. The van der Waals surface area contributed by atoms with E-state index in [9.17, 15) is 13.7 Å². The van der Waals surface area contributed by atoms with Crippen molar-refractivity contribution < 1.29 is 45.5 Å². The summed E-state index contributed by atoms with van der Waals surface area (Å²) in [4.78, 5) is 0. The van der Waals surface area contributed by atoms with Crippen LogP contribution in [0.4, 0.5) is 0 Å². The molecule has 0 atom stereocenters. The standard InChI is InChI=1S/C50H34O/c1-2-12-35(13-3-1)37-15-10-16-39(32-37)48-43-21-8-6-19-41(43)46(42-20-7-9-22-44(42)48)31-34-26-24-33(25-27-34)30-38-17-11-23-47-49(38)45-29-28-36-14-4-5-18-40(36)50(45)51-47/h1-29,32H,30-31H2/i1D,2D,3D,4D,5D,6D,7D,8D,9D,10D,11D,12D,13D,14D,15D,16D,17D,18D,19D,20D,21D,22D,23D,24D,25D,26D,27D,28D,29D,32D. The Bertz CT molecular complexity index is 4500. The lowest BCUT2D eigenvalue weighted by atomic mass is 9.85. The van der Waals surface area contributed by atoms with Gasteiger partial charge in [0.25, 0.3) is 0 Å². The summed E-state index contributed by atoms with van der Waals surface area (Å²) in [5, 5.41) is -3.85. The fourth-order valence-electron chi connectivity index (χ4n) is 6.16. The van der Waals surface area contributed by atoms with Crippen molar-refractivity contribution in [2.24, 2.45) is 0 Å².